The highest BCUT2D eigenvalue weighted by atomic mass is 32.1. The van der Waals surface area contributed by atoms with Crippen molar-refractivity contribution < 1.29 is 18.7 Å². The Hall–Kier alpha value is -3.49. The number of anilines is 1. The van der Waals surface area contributed by atoms with E-state index >= 15 is 0 Å². The molecule has 8 heteroatoms. The molecule has 1 aliphatic heterocycles. The monoisotopic (exact) mass is 487 g/mol. The molecule has 2 aromatic carbocycles. The van der Waals surface area contributed by atoms with Gasteiger partial charge in [0.25, 0.3) is 11.8 Å². The maximum Gasteiger partial charge on any atom is 0.261 e. The van der Waals surface area contributed by atoms with Crippen molar-refractivity contribution in [1.29, 1.82) is 5.41 Å². The third-order valence-electron chi connectivity index (χ3n) is 6.83. The number of rotatable bonds is 3. The first kappa shape index (κ1) is 22.0. The number of hydrogen-bond acceptors (Lipinski definition) is 6. The van der Waals surface area contributed by atoms with Crippen molar-refractivity contribution >= 4 is 49.9 Å². The molecule has 0 saturated carbocycles. The second-order valence-corrected chi connectivity index (χ2v) is 10.1. The molecule has 0 atom stereocenters. The van der Waals surface area contributed by atoms with E-state index in [0.29, 0.717) is 42.5 Å². The SMILES string of the molecule is N=c1oc2ccc3ccccc3c2cc1C(=O)Nc1sc2c(c1C(=O)N1CCOCC1)CCCC2. The lowest BCUT2D eigenvalue weighted by Gasteiger charge is -2.27. The first-order chi connectivity index (χ1) is 17.1. The molecule has 0 unspecified atom stereocenters. The van der Waals surface area contributed by atoms with E-state index in [1.165, 1.54) is 16.2 Å². The molecule has 2 aliphatic rings. The molecule has 0 radical (unpaired) electrons. The highest BCUT2D eigenvalue weighted by Gasteiger charge is 2.30. The Kier molecular flexibility index (Phi) is 5.62. The van der Waals surface area contributed by atoms with Crippen LogP contribution in [0.1, 0.15) is 44.0 Å². The summed E-state index contributed by atoms with van der Waals surface area (Å²) in [7, 11) is 0. The summed E-state index contributed by atoms with van der Waals surface area (Å²) in [5, 5.41) is 14.7. The lowest BCUT2D eigenvalue weighted by molar-refractivity contribution is 0.0303. The molecule has 1 saturated heterocycles. The van der Waals surface area contributed by atoms with Gasteiger partial charge in [0, 0.05) is 23.4 Å². The lowest BCUT2D eigenvalue weighted by atomic mass is 9.95. The smallest absolute Gasteiger partial charge is 0.261 e. The second kappa shape index (κ2) is 8.94. The lowest BCUT2D eigenvalue weighted by Crippen LogP contribution is -2.41. The zero-order chi connectivity index (χ0) is 23.9. The first-order valence-corrected chi connectivity index (χ1v) is 12.7. The van der Waals surface area contributed by atoms with Crippen molar-refractivity contribution in [3.8, 4) is 0 Å². The van der Waals surface area contributed by atoms with Crippen molar-refractivity contribution in [2.24, 2.45) is 0 Å². The van der Waals surface area contributed by atoms with E-state index in [0.717, 1.165) is 47.4 Å². The number of aryl methyl sites for hydroxylation is 1. The van der Waals surface area contributed by atoms with Gasteiger partial charge < -0.3 is 19.4 Å². The molecular formula is C27H25N3O4S. The summed E-state index contributed by atoms with van der Waals surface area (Å²) in [6.07, 6.45) is 3.88. The molecule has 35 heavy (non-hydrogen) atoms. The Morgan fingerprint density at radius 2 is 1.80 bits per heavy atom. The van der Waals surface area contributed by atoms with Crippen molar-refractivity contribution in [1.82, 2.24) is 4.90 Å². The fourth-order valence-corrected chi connectivity index (χ4v) is 6.31. The molecule has 0 bridgehead atoms. The van der Waals surface area contributed by atoms with Crippen LogP contribution < -0.4 is 10.9 Å². The molecule has 1 fully saturated rings. The maximum atomic E-state index is 13.5. The molecule has 0 spiro atoms. The number of thiophene rings is 1. The normalized spacial score (nSPS) is 15.8. The number of hydrogen-bond donors (Lipinski definition) is 2. The molecule has 2 aromatic heterocycles. The van der Waals surface area contributed by atoms with Crippen LogP contribution in [0.3, 0.4) is 0 Å². The van der Waals surface area contributed by atoms with Crippen molar-refractivity contribution in [2.75, 3.05) is 31.6 Å². The van der Waals surface area contributed by atoms with Gasteiger partial charge in [-0.1, -0.05) is 30.3 Å². The molecule has 7 nitrogen and oxygen atoms in total. The zero-order valence-electron chi connectivity index (χ0n) is 19.2. The molecule has 2 N–H and O–H groups in total. The van der Waals surface area contributed by atoms with Crippen LogP contribution in [0.4, 0.5) is 5.00 Å². The van der Waals surface area contributed by atoms with Gasteiger partial charge in [-0.05, 0) is 54.2 Å². The summed E-state index contributed by atoms with van der Waals surface area (Å²) in [6, 6.07) is 13.4. The second-order valence-electron chi connectivity index (χ2n) is 8.96. The van der Waals surface area contributed by atoms with E-state index in [1.54, 1.807) is 6.07 Å². The fourth-order valence-electron chi connectivity index (χ4n) is 5.03. The highest BCUT2D eigenvalue weighted by molar-refractivity contribution is 7.17. The topological polar surface area (TPSA) is 95.6 Å². The van der Waals surface area contributed by atoms with Crippen LogP contribution in [-0.2, 0) is 17.6 Å². The van der Waals surface area contributed by atoms with Crippen molar-refractivity contribution in [3.63, 3.8) is 0 Å². The Labute approximate surface area is 205 Å². The van der Waals surface area contributed by atoms with Crippen molar-refractivity contribution in [2.45, 2.75) is 25.7 Å². The van der Waals surface area contributed by atoms with E-state index in [2.05, 4.69) is 5.32 Å². The van der Waals surface area contributed by atoms with Crippen molar-refractivity contribution in [3.05, 3.63) is 69.6 Å². The zero-order valence-corrected chi connectivity index (χ0v) is 20.0. The molecule has 4 aromatic rings. The van der Waals surface area contributed by atoms with Gasteiger partial charge in [0.1, 0.15) is 16.1 Å². The molecule has 3 heterocycles. The van der Waals surface area contributed by atoms with Gasteiger partial charge >= 0.3 is 0 Å². The third kappa shape index (κ3) is 3.92. The highest BCUT2D eigenvalue weighted by Crippen LogP contribution is 2.39. The van der Waals surface area contributed by atoms with Crippen LogP contribution in [0.5, 0.6) is 0 Å². The van der Waals surface area contributed by atoms with Gasteiger partial charge in [0.15, 0.2) is 0 Å². The molecule has 178 valence electrons. The standard InChI is InChI=1S/C27H25N3O4S/c28-24-20(15-19-17-6-2-1-5-16(17)9-10-21(19)34-24)25(31)29-26-23(18-7-3-4-8-22(18)35-26)27(32)30-11-13-33-14-12-30/h1-2,5-6,9-10,15,28H,3-4,7-8,11-14H2,(H,29,31). The number of nitrogens with one attached hydrogen (secondary N) is 2. The Balaban J connectivity index is 1.40. The Morgan fingerprint density at radius 3 is 2.66 bits per heavy atom. The van der Waals surface area contributed by atoms with E-state index in [9.17, 15) is 9.59 Å². The quantitative estimate of drug-likeness (QED) is 0.409. The van der Waals surface area contributed by atoms with Gasteiger partial charge in [0.2, 0.25) is 5.55 Å². The van der Waals surface area contributed by atoms with Gasteiger partial charge in [-0.3, -0.25) is 15.0 Å². The molecule has 1 aliphatic carbocycles. The van der Waals surface area contributed by atoms with Crippen LogP contribution in [-0.4, -0.2) is 43.0 Å². The van der Waals surface area contributed by atoms with E-state index < -0.39 is 5.91 Å². The largest absolute Gasteiger partial charge is 0.438 e. The summed E-state index contributed by atoms with van der Waals surface area (Å²) in [5.74, 6) is -0.494. The Bertz CT molecular complexity index is 1530. The predicted octanol–water partition coefficient (Wildman–Crippen LogP) is 4.73. The van der Waals surface area contributed by atoms with Crippen LogP contribution >= 0.6 is 11.3 Å². The summed E-state index contributed by atoms with van der Waals surface area (Å²) in [4.78, 5) is 30.0. The minimum atomic E-state index is -0.441. The number of amides is 2. The Morgan fingerprint density at radius 1 is 1.00 bits per heavy atom. The van der Waals surface area contributed by atoms with Gasteiger partial charge in [-0.25, -0.2) is 0 Å². The molecule has 6 rings (SSSR count). The number of ether oxygens (including phenoxy) is 1. The van der Waals surface area contributed by atoms with E-state index in [1.807, 2.05) is 41.3 Å². The minimum absolute atomic E-state index is 0.0525. The fraction of sp³-hybridized carbons (Fsp3) is 0.296. The van der Waals surface area contributed by atoms with Gasteiger partial charge in [-0.15, -0.1) is 11.3 Å². The number of carbonyl (C=O) groups is 2. The average Bonchev–Trinajstić information content (AvgIpc) is 3.25. The predicted molar refractivity (Wildman–Crippen MR) is 135 cm³/mol. The minimum Gasteiger partial charge on any atom is -0.438 e. The number of benzene rings is 2. The maximum absolute atomic E-state index is 13.5. The van der Waals surface area contributed by atoms with Gasteiger partial charge in [-0.2, -0.15) is 0 Å². The first-order valence-electron chi connectivity index (χ1n) is 11.9. The number of nitrogens with zero attached hydrogens (tertiary/aromatic N) is 1. The number of morpholine rings is 1. The summed E-state index contributed by atoms with van der Waals surface area (Å²) < 4.78 is 11.2. The van der Waals surface area contributed by atoms with E-state index in [4.69, 9.17) is 14.6 Å². The van der Waals surface area contributed by atoms with Crippen LogP contribution in [0, 0.1) is 5.41 Å². The third-order valence-corrected chi connectivity index (χ3v) is 8.04. The summed E-state index contributed by atoms with van der Waals surface area (Å²) in [6.45, 7) is 2.14. The van der Waals surface area contributed by atoms with Gasteiger partial charge in [0.05, 0.1) is 18.8 Å². The summed E-state index contributed by atoms with van der Waals surface area (Å²) >= 11 is 1.49. The van der Waals surface area contributed by atoms with Crippen LogP contribution in [0.15, 0.2) is 46.9 Å². The molecule has 2 amide bonds. The van der Waals surface area contributed by atoms with E-state index in [-0.39, 0.29) is 17.0 Å². The van der Waals surface area contributed by atoms with Crippen LogP contribution in [0.2, 0.25) is 0 Å². The molecular weight excluding hydrogens is 462 g/mol. The average molecular weight is 488 g/mol. The summed E-state index contributed by atoms with van der Waals surface area (Å²) in [5.41, 5.74) is 2.17. The van der Waals surface area contributed by atoms with Crippen LogP contribution in [0.25, 0.3) is 21.7 Å². The number of fused-ring (bicyclic) bond motifs is 4. The number of carbonyl (C=O) groups excluding carboxylic acids is 2.